The van der Waals surface area contributed by atoms with Crippen LogP contribution in [0, 0.1) is 6.92 Å². The van der Waals surface area contributed by atoms with E-state index in [0.717, 1.165) is 29.1 Å². The van der Waals surface area contributed by atoms with Gasteiger partial charge in [-0.1, -0.05) is 12.1 Å². The van der Waals surface area contributed by atoms with E-state index >= 15 is 0 Å². The highest BCUT2D eigenvalue weighted by molar-refractivity contribution is 6.17. The third-order valence-electron chi connectivity index (χ3n) is 3.82. The zero-order valence-corrected chi connectivity index (χ0v) is 13.2. The van der Waals surface area contributed by atoms with Crippen LogP contribution in [0.3, 0.4) is 0 Å². The Bertz CT molecular complexity index is 774. The second-order valence-corrected chi connectivity index (χ2v) is 5.63. The van der Waals surface area contributed by atoms with E-state index in [2.05, 4.69) is 46.8 Å². The normalized spacial score (nSPS) is 13.0. The van der Waals surface area contributed by atoms with Crippen LogP contribution < -0.4 is 0 Å². The number of hydrogen-bond acceptors (Lipinski definition) is 3. The number of halogens is 1. The summed E-state index contributed by atoms with van der Waals surface area (Å²) in [5.41, 5.74) is 3.32. The topological polar surface area (TPSA) is 48.5 Å². The SMILES string of the molecule is Cc1cccc2c1nc(CCCl)n2C(C)c1nncn1C. The molecule has 2 heterocycles. The fourth-order valence-corrected chi connectivity index (χ4v) is 2.95. The molecule has 1 aromatic carbocycles. The molecule has 0 aliphatic carbocycles. The number of alkyl halides is 1. The first kappa shape index (κ1) is 14.1. The van der Waals surface area contributed by atoms with E-state index in [-0.39, 0.29) is 6.04 Å². The molecule has 110 valence electrons. The van der Waals surface area contributed by atoms with Crippen LogP contribution in [0.5, 0.6) is 0 Å². The van der Waals surface area contributed by atoms with Crippen LogP contribution in [0.25, 0.3) is 11.0 Å². The molecular formula is C15H18ClN5. The minimum absolute atomic E-state index is 0.0579. The Morgan fingerprint density at radius 1 is 1.33 bits per heavy atom. The van der Waals surface area contributed by atoms with Gasteiger partial charge in [0, 0.05) is 19.3 Å². The highest BCUT2D eigenvalue weighted by atomic mass is 35.5. The zero-order valence-electron chi connectivity index (χ0n) is 12.4. The summed E-state index contributed by atoms with van der Waals surface area (Å²) in [4.78, 5) is 4.78. The molecule has 0 amide bonds. The predicted molar refractivity (Wildman–Crippen MR) is 83.7 cm³/mol. The number of para-hydroxylation sites is 1. The van der Waals surface area contributed by atoms with Gasteiger partial charge in [-0.05, 0) is 25.5 Å². The first-order valence-corrected chi connectivity index (χ1v) is 7.53. The maximum atomic E-state index is 5.95. The van der Waals surface area contributed by atoms with Crippen molar-refractivity contribution in [3.63, 3.8) is 0 Å². The molecule has 0 saturated heterocycles. The van der Waals surface area contributed by atoms with Gasteiger partial charge in [-0.15, -0.1) is 21.8 Å². The molecule has 1 unspecified atom stereocenters. The van der Waals surface area contributed by atoms with Gasteiger partial charge in [-0.2, -0.15) is 0 Å². The predicted octanol–water partition coefficient (Wildman–Crippen LogP) is 2.86. The Morgan fingerprint density at radius 3 is 2.81 bits per heavy atom. The summed E-state index contributed by atoms with van der Waals surface area (Å²) in [5, 5.41) is 8.21. The highest BCUT2D eigenvalue weighted by Crippen LogP contribution is 2.27. The second-order valence-electron chi connectivity index (χ2n) is 5.26. The van der Waals surface area contributed by atoms with Gasteiger partial charge < -0.3 is 9.13 Å². The Morgan fingerprint density at radius 2 is 2.14 bits per heavy atom. The number of hydrogen-bond donors (Lipinski definition) is 0. The maximum absolute atomic E-state index is 5.95. The van der Waals surface area contributed by atoms with Crippen molar-refractivity contribution in [3.8, 4) is 0 Å². The maximum Gasteiger partial charge on any atom is 0.155 e. The van der Waals surface area contributed by atoms with E-state index in [1.165, 1.54) is 5.56 Å². The summed E-state index contributed by atoms with van der Waals surface area (Å²) >= 11 is 5.95. The van der Waals surface area contributed by atoms with Crippen molar-refractivity contribution in [2.24, 2.45) is 7.05 Å². The van der Waals surface area contributed by atoms with Gasteiger partial charge in [0.05, 0.1) is 17.1 Å². The average molecular weight is 304 g/mol. The summed E-state index contributed by atoms with van der Waals surface area (Å²) < 4.78 is 4.16. The summed E-state index contributed by atoms with van der Waals surface area (Å²) in [5.74, 6) is 2.45. The molecule has 0 aliphatic rings. The number of imidazole rings is 1. The Balaban J connectivity index is 2.22. The van der Waals surface area contributed by atoms with Crippen LogP contribution >= 0.6 is 11.6 Å². The highest BCUT2D eigenvalue weighted by Gasteiger charge is 2.20. The molecule has 0 spiro atoms. The first-order valence-electron chi connectivity index (χ1n) is 6.99. The van der Waals surface area contributed by atoms with Gasteiger partial charge in [0.1, 0.15) is 12.2 Å². The van der Waals surface area contributed by atoms with E-state index in [0.29, 0.717) is 5.88 Å². The van der Waals surface area contributed by atoms with Crippen molar-refractivity contribution in [2.45, 2.75) is 26.3 Å². The number of aryl methyl sites for hydroxylation is 3. The molecule has 3 rings (SSSR count). The van der Waals surface area contributed by atoms with Gasteiger partial charge in [0.25, 0.3) is 0 Å². The van der Waals surface area contributed by atoms with Crippen LogP contribution in [0.1, 0.15) is 30.2 Å². The smallest absolute Gasteiger partial charge is 0.155 e. The van der Waals surface area contributed by atoms with Crippen molar-refractivity contribution in [3.05, 3.63) is 41.7 Å². The van der Waals surface area contributed by atoms with Crippen LogP contribution in [-0.2, 0) is 13.5 Å². The largest absolute Gasteiger partial charge is 0.319 e. The average Bonchev–Trinajstić information content (AvgIpc) is 3.03. The van der Waals surface area contributed by atoms with Crippen LogP contribution in [0.15, 0.2) is 24.5 Å². The van der Waals surface area contributed by atoms with Crippen LogP contribution in [-0.4, -0.2) is 30.2 Å². The van der Waals surface area contributed by atoms with Crippen LogP contribution in [0.4, 0.5) is 0 Å². The van der Waals surface area contributed by atoms with Gasteiger partial charge >= 0.3 is 0 Å². The molecule has 5 nitrogen and oxygen atoms in total. The van der Waals surface area contributed by atoms with E-state index in [1.54, 1.807) is 6.33 Å². The summed E-state index contributed by atoms with van der Waals surface area (Å²) in [6, 6.07) is 6.29. The number of rotatable bonds is 4. The fraction of sp³-hybridized carbons (Fsp3) is 0.400. The van der Waals surface area contributed by atoms with Crippen molar-refractivity contribution in [2.75, 3.05) is 5.88 Å². The van der Waals surface area contributed by atoms with Crippen molar-refractivity contribution in [1.29, 1.82) is 0 Å². The molecule has 0 bridgehead atoms. The fourth-order valence-electron chi connectivity index (χ4n) is 2.78. The minimum atomic E-state index is 0.0579. The molecule has 2 aromatic heterocycles. The summed E-state index contributed by atoms with van der Waals surface area (Å²) in [6.07, 6.45) is 2.45. The minimum Gasteiger partial charge on any atom is -0.319 e. The quantitative estimate of drug-likeness (QED) is 0.696. The van der Waals surface area contributed by atoms with E-state index in [4.69, 9.17) is 16.6 Å². The summed E-state index contributed by atoms with van der Waals surface area (Å²) in [7, 11) is 1.96. The van der Waals surface area contributed by atoms with Crippen LogP contribution in [0.2, 0.25) is 0 Å². The number of fused-ring (bicyclic) bond motifs is 1. The summed E-state index contributed by atoms with van der Waals surface area (Å²) in [6.45, 7) is 4.20. The van der Waals surface area contributed by atoms with Crippen molar-refractivity contribution < 1.29 is 0 Å². The van der Waals surface area contributed by atoms with E-state index < -0.39 is 0 Å². The molecule has 3 aromatic rings. The lowest BCUT2D eigenvalue weighted by atomic mass is 10.2. The lowest BCUT2D eigenvalue weighted by molar-refractivity contribution is 0.566. The Hall–Kier alpha value is -1.88. The van der Waals surface area contributed by atoms with Gasteiger partial charge in [0.15, 0.2) is 5.82 Å². The number of benzene rings is 1. The molecule has 0 saturated carbocycles. The number of aromatic nitrogens is 5. The molecule has 0 fully saturated rings. The van der Waals surface area contributed by atoms with Crippen molar-refractivity contribution in [1.82, 2.24) is 24.3 Å². The molecule has 6 heteroatoms. The second kappa shape index (κ2) is 5.48. The monoisotopic (exact) mass is 303 g/mol. The van der Waals surface area contributed by atoms with Gasteiger partial charge in [-0.3, -0.25) is 0 Å². The molecule has 0 radical (unpaired) electrons. The molecule has 0 N–H and O–H groups in total. The molecule has 21 heavy (non-hydrogen) atoms. The lowest BCUT2D eigenvalue weighted by Crippen LogP contribution is -2.15. The van der Waals surface area contributed by atoms with E-state index in [9.17, 15) is 0 Å². The van der Waals surface area contributed by atoms with E-state index in [1.807, 2.05) is 11.6 Å². The molecular weight excluding hydrogens is 286 g/mol. The zero-order chi connectivity index (χ0) is 15.0. The molecule has 0 aliphatic heterocycles. The first-order chi connectivity index (χ1) is 10.1. The van der Waals surface area contributed by atoms with Gasteiger partial charge in [-0.25, -0.2) is 4.98 Å². The van der Waals surface area contributed by atoms with Gasteiger partial charge in [0.2, 0.25) is 0 Å². The third kappa shape index (κ3) is 2.31. The Labute approximate surface area is 128 Å². The number of nitrogens with zero attached hydrogens (tertiary/aromatic N) is 5. The van der Waals surface area contributed by atoms with Crippen molar-refractivity contribution >= 4 is 22.6 Å². The molecule has 1 atom stereocenters. The standard InChI is InChI=1S/C15H18ClN5/c1-10-5-4-6-12-14(10)18-13(7-8-16)21(12)11(2)15-19-17-9-20(15)3/h4-6,9,11H,7-8H2,1-3H3. The third-order valence-corrected chi connectivity index (χ3v) is 4.01. The lowest BCUT2D eigenvalue weighted by Gasteiger charge is -2.16. The Kier molecular flexibility index (Phi) is 3.68.